The Morgan fingerprint density at radius 3 is 1.95 bits per heavy atom. The standard InChI is InChI=1S/C15H32N4O.ClH/c1-3-4-5-6-7-8-9-10-11-12-14(20)18-13(2)19-15(16)17;/h13H,3-12H2,1-2H3,(H,18,20)(H4,16,17,19);1H. The molecule has 0 aromatic carbocycles. The number of rotatable bonds is 12. The lowest BCUT2D eigenvalue weighted by Crippen LogP contribution is -2.48. The molecule has 0 bridgehead atoms. The monoisotopic (exact) mass is 320 g/mol. The summed E-state index contributed by atoms with van der Waals surface area (Å²) in [6.07, 6.45) is 11.5. The van der Waals surface area contributed by atoms with Gasteiger partial charge in [-0.3, -0.25) is 10.2 Å². The molecule has 1 atom stereocenters. The summed E-state index contributed by atoms with van der Waals surface area (Å²) in [5.74, 6) is -0.102. The van der Waals surface area contributed by atoms with Crippen LogP contribution in [-0.4, -0.2) is 18.0 Å². The lowest BCUT2D eigenvalue weighted by molar-refractivity contribution is -0.121. The molecule has 0 saturated carbocycles. The van der Waals surface area contributed by atoms with Crippen molar-refractivity contribution in [2.24, 2.45) is 5.73 Å². The first-order chi connectivity index (χ1) is 9.56. The zero-order valence-corrected chi connectivity index (χ0v) is 14.4. The van der Waals surface area contributed by atoms with Crippen molar-refractivity contribution in [3.63, 3.8) is 0 Å². The minimum absolute atomic E-state index is 0. The van der Waals surface area contributed by atoms with Crippen molar-refractivity contribution in [1.29, 1.82) is 5.41 Å². The molecule has 126 valence electrons. The molecule has 6 heteroatoms. The Hall–Kier alpha value is -0.970. The van der Waals surface area contributed by atoms with Gasteiger partial charge in [-0.25, -0.2) is 0 Å². The molecule has 0 radical (unpaired) electrons. The largest absolute Gasteiger partial charge is 0.370 e. The Morgan fingerprint density at radius 1 is 1.00 bits per heavy atom. The Bertz CT molecular complexity index is 274. The van der Waals surface area contributed by atoms with E-state index in [1.807, 2.05) is 0 Å². The Labute approximate surface area is 135 Å². The number of unbranched alkanes of at least 4 members (excludes halogenated alkanes) is 8. The van der Waals surface area contributed by atoms with Gasteiger partial charge in [0.1, 0.15) is 0 Å². The third-order valence-electron chi connectivity index (χ3n) is 3.26. The zero-order chi connectivity index (χ0) is 15.2. The van der Waals surface area contributed by atoms with Crippen molar-refractivity contribution < 1.29 is 4.79 Å². The van der Waals surface area contributed by atoms with E-state index in [1.54, 1.807) is 6.92 Å². The second-order valence-corrected chi connectivity index (χ2v) is 5.43. The number of carbonyl (C=O) groups is 1. The van der Waals surface area contributed by atoms with Gasteiger partial charge in [0.15, 0.2) is 5.96 Å². The summed E-state index contributed by atoms with van der Waals surface area (Å²) in [7, 11) is 0. The minimum Gasteiger partial charge on any atom is -0.370 e. The molecule has 0 saturated heterocycles. The number of guanidine groups is 1. The number of hydrogen-bond donors (Lipinski definition) is 4. The first-order valence-corrected chi connectivity index (χ1v) is 7.96. The van der Waals surface area contributed by atoms with Crippen LogP contribution in [0.15, 0.2) is 0 Å². The summed E-state index contributed by atoms with van der Waals surface area (Å²) in [4.78, 5) is 11.6. The molecule has 5 nitrogen and oxygen atoms in total. The van der Waals surface area contributed by atoms with E-state index in [1.165, 1.54) is 44.9 Å². The van der Waals surface area contributed by atoms with Gasteiger partial charge in [0.05, 0.1) is 6.17 Å². The van der Waals surface area contributed by atoms with Gasteiger partial charge >= 0.3 is 0 Å². The van der Waals surface area contributed by atoms with Gasteiger partial charge in [0.2, 0.25) is 5.91 Å². The van der Waals surface area contributed by atoms with Gasteiger partial charge in [0, 0.05) is 6.42 Å². The predicted molar refractivity (Wildman–Crippen MR) is 91.7 cm³/mol. The van der Waals surface area contributed by atoms with Gasteiger partial charge in [-0.2, -0.15) is 0 Å². The number of carbonyl (C=O) groups excluding carboxylic acids is 1. The molecule has 5 N–H and O–H groups in total. The number of halogens is 1. The second kappa shape index (κ2) is 15.4. The van der Waals surface area contributed by atoms with Crippen molar-refractivity contribution in [3.05, 3.63) is 0 Å². The molecule has 1 unspecified atom stereocenters. The summed E-state index contributed by atoms with van der Waals surface area (Å²) >= 11 is 0. The van der Waals surface area contributed by atoms with E-state index in [0.717, 1.165) is 12.8 Å². The summed E-state index contributed by atoms with van der Waals surface area (Å²) in [6, 6.07) is 0. The lowest BCUT2D eigenvalue weighted by atomic mass is 10.1. The van der Waals surface area contributed by atoms with Crippen molar-refractivity contribution in [3.8, 4) is 0 Å². The van der Waals surface area contributed by atoms with Crippen LogP contribution < -0.4 is 16.4 Å². The molecule has 0 aliphatic rings. The third kappa shape index (κ3) is 17.0. The lowest BCUT2D eigenvalue weighted by Gasteiger charge is -2.15. The highest BCUT2D eigenvalue weighted by Gasteiger charge is 2.06. The Balaban J connectivity index is 0. The van der Waals surface area contributed by atoms with Gasteiger partial charge in [-0.05, 0) is 13.3 Å². The number of hydrogen-bond acceptors (Lipinski definition) is 2. The molecule has 0 aliphatic heterocycles. The maximum Gasteiger partial charge on any atom is 0.221 e. The minimum atomic E-state index is -0.279. The van der Waals surface area contributed by atoms with E-state index in [9.17, 15) is 4.79 Å². The van der Waals surface area contributed by atoms with Crippen molar-refractivity contribution >= 4 is 24.3 Å². The summed E-state index contributed by atoms with van der Waals surface area (Å²) < 4.78 is 0. The fraction of sp³-hybridized carbons (Fsp3) is 0.867. The van der Waals surface area contributed by atoms with Crippen molar-refractivity contribution in [2.75, 3.05) is 0 Å². The zero-order valence-electron chi connectivity index (χ0n) is 13.5. The van der Waals surface area contributed by atoms with Crippen LogP contribution in [0.4, 0.5) is 0 Å². The van der Waals surface area contributed by atoms with E-state index in [2.05, 4.69) is 17.6 Å². The molecule has 0 aromatic rings. The molecule has 0 fully saturated rings. The predicted octanol–water partition coefficient (Wildman–Crippen LogP) is 3.27. The van der Waals surface area contributed by atoms with Gasteiger partial charge < -0.3 is 16.4 Å². The maximum atomic E-state index is 11.6. The molecule has 0 aromatic heterocycles. The van der Waals surface area contributed by atoms with E-state index in [-0.39, 0.29) is 30.4 Å². The molecule has 0 spiro atoms. The molecule has 0 rings (SSSR count). The van der Waals surface area contributed by atoms with Crippen LogP contribution in [0.3, 0.4) is 0 Å². The molecular weight excluding hydrogens is 288 g/mol. The van der Waals surface area contributed by atoms with Crippen LogP contribution in [0.1, 0.15) is 78.1 Å². The summed E-state index contributed by atoms with van der Waals surface area (Å²) in [5, 5.41) is 12.5. The van der Waals surface area contributed by atoms with Crippen LogP contribution in [0.2, 0.25) is 0 Å². The average molecular weight is 321 g/mol. The van der Waals surface area contributed by atoms with E-state index >= 15 is 0 Å². The first-order valence-electron chi connectivity index (χ1n) is 7.96. The number of nitrogens with two attached hydrogens (primary N) is 1. The first kappa shape index (κ1) is 22.3. The molecule has 0 heterocycles. The highest BCUT2D eigenvalue weighted by Crippen LogP contribution is 2.10. The third-order valence-corrected chi connectivity index (χ3v) is 3.26. The molecular formula is C15H33ClN4O. The van der Waals surface area contributed by atoms with E-state index in [4.69, 9.17) is 11.1 Å². The van der Waals surface area contributed by atoms with Crippen molar-refractivity contribution in [2.45, 2.75) is 84.2 Å². The van der Waals surface area contributed by atoms with Crippen LogP contribution in [0.25, 0.3) is 0 Å². The van der Waals surface area contributed by atoms with Gasteiger partial charge in [0.25, 0.3) is 0 Å². The SMILES string of the molecule is CCCCCCCCCCCC(=O)NC(C)NC(=N)N.Cl. The number of nitrogens with one attached hydrogen (secondary N) is 3. The second-order valence-electron chi connectivity index (χ2n) is 5.43. The smallest absolute Gasteiger partial charge is 0.221 e. The molecule has 21 heavy (non-hydrogen) atoms. The highest BCUT2D eigenvalue weighted by molar-refractivity contribution is 5.85. The average Bonchev–Trinajstić information content (AvgIpc) is 2.35. The number of amides is 1. The fourth-order valence-corrected chi connectivity index (χ4v) is 2.18. The Kier molecular flexibility index (Phi) is 16.4. The van der Waals surface area contributed by atoms with Crippen LogP contribution >= 0.6 is 12.4 Å². The highest BCUT2D eigenvalue weighted by atomic mass is 35.5. The summed E-state index contributed by atoms with van der Waals surface area (Å²) in [6.45, 7) is 4.01. The van der Waals surface area contributed by atoms with Gasteiger partial charge in [-0.15, -0.1) is 12.4 Å². The Morgan fingerprint density at radius 2 is 1.48 bits per heavy atom. The van der Waals surface area contributed by atoms with Crippen LogP contribution in [0, 0.1) is 5.41 Å². The van der Waals surface area contributed by atoms with Crippen LogP contribution in [0.5, 0.6) is 0 Å². The summed E-state index contributed by atoms with van der Waals surface area (Å²) in [5.41, 5.74) is 5.19. The fourth-order valence-electron chi connectivity index (χ4n) is 2.18. The maximum absolute atomic E-state index is 11.6. The topological polar surface area (TPSA) is 91.0 Å². The molecule has 1 amide bonds. The van der Waals surface area contributed by atoms with E-state index < -0.39 is 0 Å². The van der Waals surface area contributed by atoms with Crippen LogP contribution in [-0.2, 0) is 4.79 Å². The quantitative estimate of drug-likeness (QED) is 0.192. The van der Waals surface area contributed by atoms with Crippen molar-refractivity contribution in [1.82, 2.24) is 10.6 Å². The van der Waals surface area contributed by atoms with E-state index in [0.29, 0.717) is 6.42 Å². The normalized spacial score (nSPS) is 11.3. The van der Waals surface area contributed by atoms with Gasteiger partial charge in [-0.1, -0.05) is 58.3 Å². The molecule has 0 aliphatic carbocycles.